The van der Waals surface area contributed by atoms with E-state index in [1.807, 2.05) is 25.3 Å². The van der Waals surface area contributed by atoms with Crippen LogP contribution >= 0.6 is 11.8 Å². The van der Waals surface area contributed by atoms with Crippen molar-refractivity contribution in [1.29, 1.82) is 0 Å². The molecule has 0 radical (unpaired) electrons. The second-order valence-electron chi connectivity index (χ2n) is 1.17. The largest absolute Gasteiger partial charge is 0.130 e. The van der Waals surface area contributed by atoms with Crippen molar-refractivity contribution >= 4 is 11.8 Å². The minimum atomic E-state index is 1.11. The number of hydrogen-bond acceptors (Lipinski definition) is 1. The predicted molar refractivity (Wildman–Crippen MR) is 48.7 cm³/mol. The molecule has 0 rings (SSSR count). The smallest absolute Gasteiger partial charge is 0.000613 e. The van der Waals surface area contributed by atoms with Gasteiger partial charge in [-0.2, -0.15) is 0 Å². The summed E-state index contributed by atoms with van der Waals surface area (Å²) in [5, 5.41) is 0. The van der Waals surface area contributed by atoms with Crippen LogP contribution in [0, 0.1) is 0 Å². The topological polar surface area (TPSA) is 0 Å². The van der Waals surface area contributed by atoms with Gasteiger partial charge in [-0.3, -0.25) is 0 Å². The van der Waals surface area contributed by atoms with Crippen LogP contribution in [0.4, 0.5) is 0 Å². The van der Waals surface area contributed by atoms with Crippen molar-refractivity contribution < 1.29 is 0 Å². The first-order chi connectivity index (χ1) is 4.31. The second kappa shape index (κ2) is 10.5. The van der Waals surface area contributed by atoms with Crippen molar-refractivity contribution in [2.24, 2.45) is 0 Å². The van der Waals surface area contributed by atoms with Gasteiger partial charge in [-0.1, -0.05) is 18.7 Å². The Morgan fingerprint density at radius 1 is 1.44 bits per heavy atom. The number of hydrogen-bond donors (Lipinski definition) is 0. The summed E-state index contributed by atoms with van der Waals surface area (Å²) < 4.78 is 0. The van der Waals surface area contributed by atoms with Crippen LogP contribution in [0.25, 0.3) is 0 Å². The fraction of sp³-hybridized carbons (Fsp3) is 0.250. The molecule has 0 aromatic rings. The van der Waals surface area contributed by atoms with Crippen LogP contribution in [-0.4, -0.2) is 6.26 Å². The maximum atomic E-state index is 3.74. The minimum absolute atomic E-state index is 1.11. The van der Waals surface area contributed by atoms with Crippen molar-refractivity contribution in [2.75, 3.05) is 6.26 Å². The zero-order chi connectivity index (χ0) is 7.70. The van der Waals surface area contributed by atoms with E-state index in [1.54, 1.807) is 11.8 Å². The average Bonchev–Trinajstić information content (AvgIpc) is 1.93. The van der Waals surface area contributed by atoms with Crippen LogP contribution in [0.1, 0.15) is 6.92 Å². The van der Waals surface area contributed by atoms with Crippen molar-refractivity contribution in [3.05, 3.63) is 36.8 Å². The lowest BCUT2D eigenvalue weighted by Gasteiger charge is -1.85. The zero-order valence-corrected chi connectivity index (χ0v) is 7.00. The van der Waals surface area contributed by atoms with Gasteiger partial charge < -0.3 is 0 Å². The van der Waals surface area contributed by atoms with E-state index in [4.69, 9.17) is 0 Å². The third kappa shape index (κ3) is 11.2. The van der Waals surface area contributed by atoms with E-state index in [0.717, 1.165) is 4.91 Å². The van der Waals surface area contributed by atoms with Gasteiger partial charge in [0.25, 0.3) is 0 Å². The van der Waals surface area contributed by atoms with E-state index >= 15 is 0 Å². The SMILES string of the molecule is C=C.C=C(/C=C\C)SC. The molecule has 1 heteroatoms. The zero-order valence-electron chi connectivity index (χ0n) is 6.18. The lowest BCUT2D eigenvalue weighted by molar-refractivity contribution is 1.73. The lowest BCUT2D eigenvalue weighted by atomic mass is 10.5. The van der Waals surface area contributed by atoms with Gasteiger partial charge in [0.15, 0.2) is 0 Å². The van der Waals surface area contributed by atoms with Crippen LogP contribution in [-0.2, 0) is 0 Å². The Bertz CT molecular complexity index is 92.7. The van der Waals surface area contributed by atoms with Gasteiger partial charge in [-0.25, -0.2) is 0 Å². The van der Waals surface area contributed by atoms with Crippen molar-refractivity contribution in [3.8, 4) is 0 Å². The van der Waals surface area contributed by atoms with Crippen molar-refractivity contribution in [1.82, 2.24) is 0 Å². The predicted octanol–water partition coefficient (Wildman–Crippen LogP) is 3.24. The molecule has 0 aliphatic rings. The highest BCUT2D eigenvalue weighted by Crippen LogP contribution is 2.07. The summed E-state index contributed by atoms with van der Waals surface area (Å²) in [4.78, 5) is 1.11. The van der Waals surface area contributed by atoms with Gasteiger partial charge in [-0.15, -0.1) is 24.9 Å². The minimum Gasteiger partial charge on any atom is -0.130 e. The summed E-state index contributed by atoms with van der Waals surface area (Å²) in [6.45, 7) is 11.7. The Labute approximate surface area is 62.4 Å². The highest BCUT2D eigenvalue weighted by Gasteiger charge is 1.75. The molecule has 0 aliphatic heterocycles. The van der Waals surface area contributed by atoms with Crippen molar-refractivity contribution in [3.63, 3.8) is 0 Å². The fourth-order valence-electron chi connectivity index (χ4n) is 0.254. The molecule has 9 heavy (non-hydrogen) atoms. The highest BCUT2D eigenvalue weighted by atomic mass is 32.2. The molecule has 0 saturated heterocycles. The van der Waals surface area contributed by atoms with E-state index in [2.05, 4.69) is 19.7 Å². The third-order valence-corrected chi connectivity index (χ3v) is 1.28. The molecule has 0 saturated carbocycles. The molecule has 0 fully saturated rings. The Balaban J connectivity index is 0. The van der Waals surface area contributed by atoms with Crippen LogP contribution in [0.5, 0.6) is 0 Å². The third-order valence-electron chi connectivity index (χ3n) is 0.615. The Hall–Kier alpha value is -0.430. The molecule has 0 spiro atoms. The Morgan fingerprint density at radius 2 is 1.89 bits per heavy atom. The van der Waals surface area contributed by atoms with Gasteiger partial charge in [0.1, 0.15) is 0 Å². The normalized spacial score (nSPS) is 8.22. The lowest BCUT2D eigenvalue weighted by Crippen LogP contribution is -1.57. The fourth-order valence-corrected chi connectivity index (χ4v) is 0.526. The summed E-state index contributed by atoms with van der Waals surface area (Å²) in [5.41, 5.74) is 0. The molecule has 0 N–H and O–H groups in total. The molecule has 0 unspecified atom stereocenters. The molecule has 0 amide bonds. The van der Waals surface area contributed by atoms with Gasteiger partial charge >= 0.3 is 0 Å². The summed E-state index contributed by atoms with van der Waals surface area (Å²) >= 11 is 1.67. The molecular formula is C8H14S. The maximum Gasteiger partial charge on any atom is -0.000613 e. The molecular weight excluding hydrogens is 128 g/mol. The highest BCUT2D eigenvalue weighted by molar-refractivity contribution is 8.02. The van der Waals surface area contributed by atoms with Gasteiger partial charge in [0.2, 0.25) is 0 Å². The van der Waals surface area contributed by atoms with Gasteiger partial charge in [-0.05, 0) is 18.1 Å². The quantitative estimate of drug-likeness (QED) is 0.421. The van der Waals surface area contributed by atoms with Gasteiger partial charge in [0.05, 0.1) is 0 Å². The number of allylic oxidation sites excluding steroid dienone is 2. The van der Waals surface area contributed by atoms with Gasteiger partial charge in [0, 0.05) is 0 Å². The van der Waals surface area contributed by atoms with Crippen LogP contribution in [0.15, 0.2) is 36.8 Å². The standard InChI is InChI=1S/C6H10S.C2H4/c1-4-5-6(2)7-3;1-2/h4-5H,2H2,1,3H3;1-2H2/b5-4-;. The number of rotatable bonds is 2. The molecule has 0 heterocycles. The Kier molecular flexibility index (Phi) is 13.3. The summed E-state index contributed by atoms with van der Waals surface area (Å²) in [5.74, 6) is 0. The van der Waals surface area contributed by atoms with Crippen LogP contribution < -0.4 is 0 Å². The maximum absolute atomic E-state index is 3.74. The van der Waals surface area contributed by atoms with E-state index in [9.17, 15) is 0 Å². The molecule has 0 nitrogen and oxygen atoms in total. The first kappa shape index (κ1) is 11.4. The van der Waals surface area contributed by atoms with Crippen LogP contribution in [0.3, 0.4) is 0 Å². The molecule has 0 bridgehead atoms. The molecule has 0 aromatic heterocycles. The first-order valence-electron chi connectivity index (χ1n) is 2.67. The molecule has 0 aliphatic carbocycles. The first-order valence-corrected chi connectivity index (χ1v) is 3.89. The van der Waals surface area contributed by atoms with Crippen LogP contribution in [0.2, 0.25) is 0 Å². The molecule has 0 atom stereocenters. The van der Waals surface area contributed by atoms with E-state index < -0.39 is 0 Å². The average molecular weight is 142 g/mol. The summed E-state index contributed by atoms with van der Waals surface area (Å²) in [6, 6.07) is 0. The molecule has 0 aromatic carbocycles. The number of thioether (sulfide) groups is 1. The van der Waals surface area contributed by atoms with E-state index in [-0.39, 0.29) is 0 Å². The summed E-state index contributed by atoms with van der Waals surface area (Å²) in [6.07, 6.45) is 5.99. The molecule has 52 valence electrons. The Morgan fingerprint density at radius 3 is 2.00 bits per heavy atom. The van der Waals surface area contributed by atoms with Crippen molar-refractivity contribution in [2.45, 2.75) is 6.92 Å². The second-order valence-corrected chi connectivity index (χ2v) is 2.10. The van der Waals surface area contributed by atoms with E-state index in [1.165, 1.54) is 0 Å². The monoisotopic (exact) mass is 142 g/mol. The van der Waals surface area contributed by atoms with E-state index in [0.29, 0.717) is 0 Å². The summed E-state index contributed by atoms with van der Waals surface area (Å²) in [7, 11) is 0.